The number of aromatic nitrogens is 3. The molecule has 56 valence electrons. The summed E-state index contributed by atoms with van der Waals surface area (Å²) >= 11 is 0. The summed E-state index contributed by atoms with van der Waals surface area (Å²) in [7, 11) is 0. The van der Waals surface area contributed by atoms with Crippen LogP contribution in [0, 0.1) is 0 Å². The van der Waals surface area contributed by atoms with Crippen molar-refractivity contribution >= 4 is 5.95 Å². The number of anilines is 1. The van der Waals surface area contributed by atoms with E-state index in [1.165, 1.54) is 0 Å². The first-order valence-corrected chi connectivity index (χ1v) is 3.13. The van der Waals surface area contributed by atoms with Gasteiger partial charge < -0.3 is 0 Å². The van der Waals surface area contributed by atoms with Crippen molar-refractivity contribution in [3.63, 3.8) is 0 Å². The molecule has 4 N–H and O–H groups in total. The third-order valence-corrected chi connectivity index (χ3v) is 1.18. The molecule has 0 saturated carbocycles. The second-order valence-corrected chi connectivity index (χ2v) is 2.34. The number of nitrogens with zero attached hydrogens (tertiary/aromatic N) is 2. The first kappa shape index (κ1) is 7.01. The summed E-state index contributed by atoms with van der Waals surface area (Å²) in [6.45, 7) is 4.06. The molecule has 0 aliphatic carbocycles. The molecule has 0 bridgehead atoms. The van der Waals surface area contributed by atoms with Gasteiger partial charge in [-0.2, -0.15) is 4.98 Å². The van der Waals surface area contributed by atoms with Gasteiger partial charge >= 0.3 is 0 Å². The maximum Gasteiger partial charge on any atom is 0.256 e. The van der Waals surface area contributed by atoms with Gasteiger partial charge in [0, 0.05) is 5.92 Å². The van der Waals surface area contributed by atoms with Gasteiger partial charge in [-0.05, 0) is 0 Å². The molecular formula is C5H11N5. The highest BCUT2D eigenvalue weighted by atomic mass is 15.4. The molecule has 1 aromatic heterocycles. The lowest BCUT2D eigenvalue weighted by molar-refractivity contribution is 0.781. The minimum absolute atomic E-state index is 0.356. The Labute approximate surface area is 59.0 Å². The van der Waals surface area contributed by atoms with Crippen molar-refractivity contribution in [2.75, 3.05) is 5.43 Å². The van der Waals surface area contributed by atoms with E-state index >= 15 is 0 Å². The quantitative estimate of drug-likeness (QED) is 0.406. The molecule has 0 spiro atoms. The first-order chi connectivity index (χ1) is 4.74. The Morgan fingerprint density at radius 1 is 1.60 bits per heavy atom. The molecule has 0 aliphatic heterocycles. The lowest BCUT2D eigenvalue weighted by atomic mass is 10.2. The molecule has 0 aromatic carbocycles. The molecule has 0 unspecified atom stereocenters. The predicted molar refractivity (Wildman–Crippen MR) is 38.3 cm³/mol. The average molecular weight is 141 g/mol. The monoisotopic (exact) mass is 141 g/mol. The van der Waals surface area contributed by atoms with Gasteiger partial charge in [-0.1, -0.05) is 13.8 Å². The summed E-state index contributed by atoms with van der Waals surface area (Å²) < 4.78 is 0. The molecule has 0 amide bonds. The van der Waals surface area contributed by atoms with Crippen LogP contribution in [0.2, 0.25) is 0 Å². The molecule has 1 rings (SSSR count). The molecule has 0 aliphatic rings. The minimum Gasteiger partial charge on any atom is -0.291 e. The summed E-state index contributed by atoms with van der Waals surface area (Å²) in [5.41, 5.74) is 2.35. The summed E-state index contributed by atoms with van der Waals surface area (Å²) in [4.78, 5) is 4.03. The highest BCUT2D eigenvalue weighted by Crippen LogP contribution is 2.08. The second-order valence-electron chi connectivity index (χ2n) is 2.34. The fourth-order valence-corrected chi connectivity index (χ4v) is 0.597. The van der Waals surface area contributed by atoms with Crippen molar-refractivity contribution < 1.29 is 0 Å². The highest BCUT2D eigenvalue weighted by Gasteiger charge is 2.03. The zero-order valence-corrected chi connectivity index (χ0v) is 6.05. The van der Waals surface area contributed by atoms with Gasteiger partial charge in [-0.25, -0.2) is 5.84 Å². The van der Waals surface area contributed by atoms with Crippen LogP contribution in [-0.2, 0) is 0 Å². The standard InChI is InChI=1S/C5H11N5/c1-3(2)4-7-5(8-6)10-9-4/h3H,6H2,1-2H3,(H2,7,8,9,10). The van der Waals surface area contributed by atoms with E-state index in [1.54, 1.807) is 0 Å². The smallest absolute Gasteiger partial charge is 0.256 e. The van der Waals surface area contributed by atoms with E-state index in [0.717, 1.165) is 5.82 Å². The maximum absolute atomic E-state index is 5.07. The Balaban J connectivity index is 2.78. The highest BCUT2D eigenvalue weighted by molar-refractivity contribution is 5.20. The van der Waals surface area contributed by atoms with Crippen LogP contribution in [0.25, 0.3) is 0 Å². The molecule has 0 fully saturated rings. The molecule has 10 heavy (non-hydrogen) atoms. The van der Waals surface area contributed by atoms with Gasteiger partial charge in [0.05, 0.1) is 0 Å². The average Bonchev–Trinajstić information content (AvgIpc) is 2.34. The van der Waals surface area contributed by atoms with Gasteiger partial charge in [0.25, 0.3) is 5.95 Å². The first-order valence-electron chi connectivity index (χ1n) is 3.13. The molecule has 0 radical (unpaired) electrons. The number of nitrogens with one attached hydrogen (secondary N) is 2. The van der Waals surface area contributed by atoms with Crippen LogP contribution >= 0.6 is 0 Å². The van der Waals surface area contributed by atoms with Crippen LogP contribution in [0.4, 0.5) is 5.95 Å². The van der Waals surface area contributed by atoms with Crippen molar-refractivity contribution in [3.8, 4) is 0 Å². The number of hydrazine groups is 1. The van der Waals surface area contributed by atoms with Gasteiger partial charge in [0.15, 0.2) is 0 Å². The van der Waals surface area contributed by atoms with Gasteiger partial charge in [-0.3, -0.25) is 10.5 Å². The SMILES string of the molecule is CC(C)c1nc(NN)n[nH]1. The van der Waals surface area contributed by atoms with E-state index in [0.29, 0.717) is 11.9 Å². The van der Waals surface area contributed by atoms with Crippen molar-refractivity contribution in [2.24, 2.45) is 5.84 Å². The zero-order chi connectivity index (χ0) is 7.56. The minimum atomic E-state index is 0.356. The third-order valence-electron chi connectivity index (χ3n) is 1.18. The normalized spacial score (nSPS) is 10.4. The number of nitrogen functional groups attached to an aromatic ring is 1. The molecule has 5 nitrogen and oxygen atoms in total. The van der Waals surface area contributed by atoms with Crippen molar-refractivity contribution in [2.45, 2.75) is 19.8 Å². The Kier molecular flexibility index (Phi) is 1.86. The van der Waals surface area contributed by atoms with E-state index in [4.69, 9.17) is 5.84 Å². The molecule has 5 heteroatoms. The summed E-state index contributed by atoms with van der Waals surface area (Å²) in [6.07, 6.45) is 0. The maximum atomic E-state index is 5.07. The molecule has 1 heterocycles. The Hall–Kier alpha value is -1.10. The van der Waals surface area contributed by atoms with Crippen LogP contribution in [0.15, 0.2) is 0 Å². The van der Waals surface area contributed by atoms with Crippen LogP contribution in [-0.4, -0.2) is 15.2 Å². The van der Waals surface area contributed by atoms with Gasteiger partial charge in [0.2, 0.25) is 0 Å². The van der Waals surface area contributed by atoms with Crippen LogP contribution in [0.5, 0.6) is 0 Å². The van der Waals surface area contributed by atoms with Gasteiger partial charge in [-0.15, -0.1) is 5.10 Å². The van der Waals surface area contributed by atoms with Crippen molar-refractivity contribution in [3.05, 3.63) is 5.82 Å². The Morgan fingerprint density at radius 3 is 2.60 bits per heavy atom. The fraction of sp³-hybridized carbons (Fsp3) is 0.600. The summed E-state index contributed by atoms with van der Waals surface area (Å²) in [5.74, 6) is 6.70. The van der Waals surface area contributed by atoms with Gasteiger partial charge in [0.1, 0.15) is 5.82 Å². The number of hydrogen-bond acceptors (Lipinski definition) is 4. The summed E-state index contributed by atoms with van der Waals surface area (Å²) in [5, 5.41) is 6.54. The van der Waals surface area contributed by atoms with Crippen LogP contribution in [0.1, 0.15) is 25.6 Å². The lowest BCUT2D eigenvalue weighted by Gasteiger charge is -1.94. The Bertz CT molecular complexity index is 204. The van der Waals surface area contributed by atoms with Crippen molar-refractivity contribution in [1.29, 1.82) is 0 Å². The molecule has 0 saturated heterocycles. The Morgan fingerprint density at radius 2 is 2.30 bits per heavy atom. The number of rotatable bonds is 2. The van der Waals surface area contributed by atoms with E-state index < -0.39 is 0 Å². The van der Waals surface area contributed by atoms with Crippen LogP contribution < -0.4 is 11.3 Å². The number of H-pyrrole nitrogens is 1. The zero-order valence-electron chi connectivity index (χ0n) is 6.05. The van der Waals surface area contributed by atoms with E-state index in [-0.39, 0.29) is 0 Å². The fourth-order valence-electron chi connectivity index (χ4n) is 0.597. The third kappa shape index (κ3) is 1.24. The predicted octanol–water partition coefficient (Wildman–Crippen LogP) is 0.214. The summed E-state index contributed by atoms with van der Waals surface area (Å²) in [6, 6.07) is 0. The molecule has 0 atom stereocenters. The van der Waals surface area contributed by atoms with Crippen molar-refractivity contribution in [1.82, 2.24) is 15.2 Å². The number of nitrogens with two attached hydrogens (primary N) is 1. The molecular weight excluding hydrogens is 130 g/mol. The van der Waals surface area contributed by atoms with E-state index in [2.05, 4.69) is 20.6 Å². The number of aromatic amines is 1. The van der Waals surface area contributed by atoms with E-state index in [9.17, 15) is 0 Å². The lowest BCUT2D eigenvalue weighted by Crippen LogP contribution is -2.08. The second kappa shape index (κ2) is 2.66. The largest absolute Gasteiger partial charge is 0.291 e. The van der Waals surface area contributed by atoms with Crippen LogP contribution in [0.3, 0.4) is 0 Å². The van der Waals surface area contributed by atoms with E-state index in [1.807, 2.05) is 13.8 Å². The molecule has 1 aromatic rings. The topological polar surface area (TPSA) is 79.6 Å². The number of hydrogen-bond donors (Lipinski definition) is 3.